The first-order valence-corrected chi connectivity index (χ1v) is 5.64. The molecule has 0 unspecified atom stereocenters. The van der Waals surface area contributed by atoms with Gasteiger partial charge in [0.15, 0.2) is 0 Å². The van der Waals surface area contributed by atoms with Crippen molar-refractivity contribution >= 4 is 12.6 Å². The monoisotopic (exact) mass is 219 g/mol. The van der Waals surface area contributed by atoms with Gasteiger partial charge in [0.1, 0.15) is 0 Å². The Morgan fingerprint density at radius 2 is 1.88 bits per heavy atom. The van der Waals surface area contributed by atoms with E-state index in [2.05, 4.69) is 31.8 Å². The number of hydrogen-bond acceptors (Lipinski definition) is 3. The Labute approximate surface area is 97.3 Å². The van der Waals surface area contributed by atoms with E-state index in [4.69, 9.17) is 9.31 Å². The molecule has 3 nitrogen and oxygen atoms in total. The van der Waals surface area contributed by atoms with Gasteiger partial charge >= 0.3 is 7.12 Å². The molecule has 2 rings (SSSR count). The summed E-state index contributed by atoms with van der Waals surface area (Å²) in [5.41, 5.74) is 3.36. The second-order valence-corrected chi connectivity index (χ2v) is 5.29. The lowest BCUT2D eigenvalue weighted by Gasteiger charge is -2.33. The van der Waals surface area contributed by atoms with E-state index in [1.807, 2.05) is 13.1 Å². The van der Waals surface area contributed by atoms with Crippen molar-refractivity contribution in [1.82, 2.24) is 4.98 Å². The Morgan fingerprint density at radius 1 is 1.25 bits per heavy atom. The molecule has 0 aromatic carbocycles. The van der Waals surface area contributed by atoms with Crippen LogP contribution in [-0.2, 0) is 9.31 Å². The number of aryl methyl sites for hydroxylation is 2. The molecule has 0 saturated carbocycles. The molecule has 0 aliphatic carbocycles. The highest BCUT2D eigenvalue weighted by atomic mass is 16.6. The lowest BCUT2D eigenvalue weighted by Crippen LogP contribution is -2.47. The van der Waals surface area contributed by atoms with E-state index in [0.717, 1.165) is 24.4 Å². The first-order chi connectivity index (χ1) is 7.48. The molecule has 1 aliphatic heterocycles. The fourth-order valence-electron chi connectivity index (χ4n) is 1.68. The molecule has 0 N–H and O–H groups in total. The Kier molecular flexibility index (Phi) is 3.04. The van der Waals surface area contributed by atoms with E-state index >= 15 is 0 Å². The van der Waals surface area contributed by atoms with Gasteiger partial charge in [0, 0.05) is 36.0 Å². The molecule has 1 fully saturated rings. The van der Waals surface area contributed by atoms with Gasteiger partial charge in [-0.3, -0.25) is 4.98 Å². The van der Waals surface area contributed by atoms with Crippen LogP contribution < -0.4 is 5.46 Å². The minimum Gasteiger partial charge on any atom is -0.407 e. The van der Waals surface area contributed by atoms with Gasteiger partial charge < -0.3 is 9.31 Å². The fourth-order valence-corrected chi connectivity index (χ4v) is 1.68. The quantitative estimate of drug-likeness (QED) is 0.670. The number of rotatable bonds is 1. The van der Waals surface area contributed by atoms with Gasteiger partial charge in [-0.05, 0) is 19.4 Å². The van der Waals surface area contributed by atoms with Crippen LogP contribution in [0.5, 0.6) is 0 Å². The van der Waals surface area contributed by atoms with Crippen LogP contribution in [0.15, 0.2) is 12.3 Å². The third-order valence-electron chi connectivity index (χ3n) is 2.88. The highest BCUT2D eigenvalue weighted by Crippen LogP contribution is 2.21. The third-order valence-corrected chi connectivity index (χ3v) is 2.88. The standard InChI is InChI=1S/C12H18BNO2/c1-9-5-11(6-14-10(9)2)13-15-7-12(3,4)8-16-13/h5-6H,7-8H2,1-4H3. The summed E-state index contributed by atoms with van der Waals surface area (Å²) >= 11 is 0. The highest BCUT2D eigenvalue weighted by molar-refractivity contribution is 6.61. The molecule has 0 amide bonds. The van der Waals surface area contributed by atoms with Gasteiger partial charge in [0.05, 0.1) is 0 Å². The third kappa shape index (κ3) is 2.44. The fraction of sp³-hybridized carbons (Fsp3) is 0.583. The number of hydrogen-bond donors (Lipinski definition) is 0. The summed E-state index contributed by atoms with van der Waals surface area (Å²) in [4.78, 5) is 4.33. The molecule has 1 aromatic heterocycles. The van der Waals surface area contributed by atoms with Crippen molar-refractivity contribution in [2.45, 2.75) is 27.7 Å². The molecule has 1 saturated heterocycles. The molecular formula is C12H18BNO2. The average molecular weight is 219 g/mol. The van der Waals surface area contributed by atoms with Gasteiger partial charge in [-0.15, -0.1) is 0 Å². The lowest BCUT2D eigenvalue weighted by atomic mass is 9.76. The normalized spacial score (nSPS) is 19.9. The maximum atomic E-state index is 5.71. The van der Waals surface area contributed by atoms with Crippen molar-refractivity contribution in [2.24, 2.45) is 5.41 Å². The van der Waals surface area contributed by atoms with Crippen LogP contribution in [0.2, 0.25) is 0 Å². The van der Waals surface area contributed by atoms with Crippen LogP contribution in [0.4, 0.5) is 0 Å². The van der Waals surface area contributed by atoms with Crippen molar-refractivity contribution in [1.29, 1.82) is 0 Å². The maximum Gasteiger partial charge on any atom is 0.495 e. The Balaban J connectivity index is 2.11. The summed E-state index contributed by atoms with van der Waals surface area (Å²) < 4.78 is 11.4. The zero-order valence-electron chi connectivity index (χ0n) is 10.4. The van der Waals surface area contributed by atoms with E-state index in [9.17, 15) is 0 Å². The molecule has 4 heteroatoms. The van der Waals surface area contributed by atoms with Crippen LogP contribution in [0, 0.1) is 19.3 Å². The average Bonchev–Trinajstić information content (AvgIpc) is 2.22. The van der Waals surface area contributed by atoms with Crippen LogP contribution in [0.1, 0.15) is 25.1 Å². The van der Waals surface area contributed by atoms with Crippen LogP contribution in [-0.4, -0.2) is 25.3 Å². The molecule has 0 radical (unpaired) electrons. The van der Waals surface area contributed by atoms with Crippen LogP contribution in [0.3, 0.4) is 0 Å². The molecule has 0 bridgehead atoms. The summed E-state index contributed by atoms with van der Waals surface area (Å²) in [7, 11) is -0.250. The van der Waals surface area contributed by atoms with Crippen LogP contribution >= 0.6 is 0 Å². The Hall–Kier alpha value is -0.865. The van der Waals surface area contributed by atoms with Crippen molar-refractivity contribution < 1.29 is 9.31 Å². The van der Waals surface area contributed by atoms with Crippen molar-refractivity contribution in [3.63, 3.8) is 0 Å². The predicted molar refractivity (Wildman–Crippen MR) is 64.8 cm³/mol. The zero-order valence-corrected chi connectivity index (χ0v) is 10.4. The lowest BCUT2D eigenvalue weighted by molar-refractivity contribution is 0.0343. The van der Waals surface area contributed by atoms with E-state index in [0.29, 0.717) is 0 Å². The second-order valence-electron chi connectivity index (χ2n) is 5.29. The van der Waals surface area contributed by atoms with Crippen LogP contribution in [0.25, 0.3) is 0 Å². The zero-order chi connectivity index (χ0) is 11.8. The SMILES string of the molecule is Cc1cc(B2OCC(C)(C)CO2)cnc1C. The topological polar surface area (TPSA) is 31.4 Å². The summed E-state index contributed by atoms with van der Waals surface area (Å²) in [6.45, 7) is 9.79. The van der Waals surface area contributed by atoms with Gasteiger partial charge in [0.2, 0.25) is 0 Å². The maximum absolute atomic E-state index is 5.71. The summed E-state index contributed by atoms with van der Waals surface area (Å²) in [6.07, 6.45) is 1.84. The summed E-state index contributed by atoms with van der Waals surface area (Å²) in [5.74, 6) is 0. The molecule has 0 spiro atoms. The molecule has 86 valence electrons. The van der Waals surface area contributed by atoms with E-state index in [1.165, 1.54) is 5.56 Å². The first-order valence-electron chi connectivity index (χ1n) is 5.64. The largest absolute Gasteiger partial charge is 0.495 e. The molecule has 2 heterocycles. The van der Waals surface area contributed by atoms with E-state index < -0.39 is 0 Å². The first kappa shape index (κ1) is 11.6. The molecule has 1 aliphatic rings. The van der Waals surface area contributed by atoms with Crippen molar-refractivity contribution in [2.75, 3.05) is 13.2 Å². The smallest absolute Gasteiger partial charge is 0.407 e. The number of nitrogens with zero attached hydrogens (tertiary/aromatic N) is 1. The minimum atomic E-state index is -0.250. The molecule has 0 atom stereocenters. The molecular weight excluding hydrogens is 201 g/mol. The van der Waals surface area contributed by atoms with Gasteiger partial charge in [-0.2, -0.15) is 0 Å². The van der Waals surface area contributed by atoms with Crippen molar-refractivity contribution in [3.8, 4) is 0 Å². The van der Waals surface area contributed by atoms with Gasteiger partial charge in [0.25, 0.3) is 0 Å². The predicted octanol–water partition coefficient (Wildman–Crippen LogP) is 1.47. The van der Waals surface area contributed by atoms with E-state index in [-0.39, 0.29) is 12.5 Å². The summed E-state index contributed by atoms with van der Waals surface area (Å²) in [6, 6.07) is 2.09. The second kappa shape index (κ2) is 4.19. The van der Waals surface area contributed by atoms with Gasteiger partial charge in [-0.25, -0.2) is 0 Å². The highest BCUT2D eigenvalue weighted by Gasteiger charge is 2.33. The van der Waals surface area contributed by atoms with Crippen molar-refractivity contribution in [3.05, 3.63) is 23.5 Å². The molecule has 16 heavy (non-hydrogen) atoms. The number of pyridine rings is 1. The molecule has 1 aromatic rings. The summed E-state index contributed by atoms with van der Waals surface area (Å²) in [5, 5.41) is 0. The van der Waals surface area contributed by atoms with Gasteiger partial charge in [-0.1, -0.05) is 19.9 Å². The Bertz CT molecular complexity index is 383. The minimum absolute atomic E-state index is 0.115. The van der Waals surface area contributed by atoms with E-state index in [1.54, 1.807) is 0 Å². The number of aromatic nitrogens is 1. The Morgan fingerprint density at radius 3 is 2.44 bits per heavy atom.